The van der Waals surface area contributed by atoms with Crippen LogP contribution < -0.4 is 0 Å². The first-order valence-corrected chi connectivity index (χ1v) is 8.50. The molecule has 0 saturated carbocycles. The van der Waals surface area contributed by atoms with Gasteiger partial charge in [-0.1, -0.05) is 25.7 Å². The van der Waals surface area contributed by atoms with Crippen molar-refractivity contribution in [3.8, 4) is 0 Å². The number of ether oxygens (including phenoxy) is 3. The van der Waals surface area contributed by atoms with E-state index in [9.17, 15) is 20.1 Å². The SMILES string of the molecule is COC(=O)CCCCCCCCOC1OC(CO)C(O)C(O)C1O. The van der Waals surface area contributed by atoms with E-state index in [1.165, 1.54) is 7.11 Å². The average molecular weight is 350 g/mol. The molecule has 1 heterocycles. The van der Waals surface area contributed by atoms with Gasteiger partial charge in [0.2, 0.25) is 0 Å². The summed E-state index contributed by atoms with van der Waals surface area (Å²) in [6, 6.07) is 0. The van der Waals surface area contributed by atoms with E-state index in [4.69, 9.17) is 14.6 Å². The van der Waals surface area contributed by atoms with Crippen LogP contribution in [0.5, 0.6) is 0 Å². The van der Waals surface area contributed by atoms with E-state index in [0.717, 1.165) is 38.5 Å². The lowest BCUT2D eigenvalue weighted by Crippen LogP contribution is -2.59. The summed E-state index contributed by atoms with van der Waals surface area (Å²) in [7, 11) is 1.39. The van der Waals surface area contributed by atoms with Crippen LogP contribution in [0.3, 0.4) is 0 Å². The maximum absolute atomic E-state index is 10.9. The zero-order valence-corrected chi connectivity index (χ0v) is 14.2. The summed E-state index contributed by atoms with van der Waals surface area (Å²) in [5.41, 5.74) is 0. The molecule has 0 radical (unpaired) electrons. The number of hydrogen-bond acceptors (Lipinski definition) is 8. The normalized spacial score (nSPS) is 30.3. The minimum Gasteiger partial charge on any atom is -0.469 e. The van der Waals surface area contributed by atoms with Gasteiger partial charge in [-0.05, 0) is 12.8 Å². The van der Waals surface area contributed by atoms with Crippen molar-refractivity contribution in [3.05, 3.63) is 0 Å². The standard InChI is InChI=1S/C16H30O8/c1-22-12(18)8-6-4-2-3-5-7-9-23-16-15(21)14(20)13(19)11(10-17)24-16/h11,13-17,19-21H,2-10H2,1H3. The summed E-state index contributed by atoms with van der Waals surface area (Å²) in [6.07, 6.45) is -0.110. The molecule has 0 aromatic rings. The predicted octanol–water partition coefficient (Wildman–Crippen LogP) is -0.293. The number of hydrogen-bond donors (Lipinski definition) is 4. The third kappa shape index (κ3) is 7.00. The summed E-state index contributed by atoms with van der Waals surface area (Å²) >= 11 is 0. The van der Waals surface area contributed by atoms with Gasteiger partial charge in [-0.3, -0.25) is 4.79 Å². The monoisotopic (exact) mass is 350 g/mol. The lowest BCUT2D eigenvalue weighted by Gasteiger charge is -2.39. The van der Waals surface area contributed by atoms with Crippen molar-refractivity contribution >= 4 is 5.97 Å². The zero-order chi connectivity index (χ0) is 17.9. The molecule has 8 heteroatoms. The molecule has 1 fully saturated rings. The van der Waals surface area contributed by atoms with Gasteiger partial charge < -0.3 is 34.6 Å². The second-order valence-electron chi connectivity index (χ2n) is 6.02. The maximum Gasteiger partial charge on any atom is 0.305 e. The summed E-state index contributed by atoms with van der Waals surface area (Å²) in [6.45, 7) is -0.110. The lowest BCUT2D eigenvalue weighted by atomic mass is 9.99. The van der Waals surface area contributed by atoms with Crippen molar-refractivity contribution in [1.82, 2.24) is 0 Å². The Hall–Kier alpha value is -0.770. The van der Waals surface area contributed by atoms with Crippen LogP contribution in [0.1, 0.15) is 44.9 Å². The van der Waals surface area contributed by atoms with E-state index in [-0.39, 0.29) is 5.97 Å². The first-order valence-electron chi connectivity index (χ1n) is 8.50. The third-order valence-electron chi connectivity index (χ3n) is 4.13. The first-order chi connectivity index (χ1) is 11.5. The Labute approximate surface area is 142 Å². The highest BCUT2D eigenvalue weighted by Crippen LogP contribution is 2.22. The van der Waals surface area contributed by atoms with E-state index in [1.54, 1.807) is 0 Å². The molecule has 142 valence electrons. The van der Waals surface area contributed by atoms with Gasteiger partial charge in [0, 0.05) is 13.0 Å². The topological polar surface area (TPSA) is 126 Å². The van der Waals surface area contributed by atoms with Gasteiger partial charge in [0.25, 0.3) is 0 Å². The van der Waals surface area contributed by atoms with Crippen LogP contribution >= 0.6 is 0 Å². The Balaban J connectivity index is 2.07. The van der Waals surface area contributed by atoms with E-state index < -0.39 is 37.3 Å². The van der Waals surface area contributed by atoms with Crippen molar-refractivity contribution in [1.29, 1.82) is 0 Å². The van der Waals surface area contributed by atoms with Gasteiger partial charge in [0.05, 0.1) is 13.7 Å². The molecular formula is C16H30O8. The van der Waals surface area contributed by atoms with E-state index in [0.29, 0.717) is 13.0 Å². The maximum atomic E-state index is 10.9. The fraction of sp³-hybridized carbons (Fsp3) is 0.938. The van der Waals surface area contributed by atoms with Crippen LogP contribution in [0.15, 0.2) is 0 Å². The second kappa shape index (κ2) is 11.7. The molecule has 0 spiro atoms. The molecule has 1 aliphatic rings. The van der Waals surface area contributed by atoms with Crippen LogP contribution in [-0.2, 0) is 19.0 Å². The molecule has 5 unspecified atom stereocenters. The fourth-order valence-corrected chi connectivity index (χ4v) is 2.59. The highest BCUT2D eigenvalue weighted by atomic mass is 16.7. The van der Waals surface area contributed by atoms with Crippen LogP contribution in [-0.4, -0.2) is 77.4 Å². The Morgan fingerprint density at radius 1 is 0.958 bits per heavy atom. The number of carbonyl (C=O) groups excluding carboxylic acids is 1. The first kappa shape index (κ1) is 21.3. The summed E-state index contributed by atoms with van der Waals surface area (Å²) < 4.78 is 15.2. The number of esters is 1. The Bertz CT molecular complexity index is 349. The molecule has 5 atom stereocenters. The van der Waals surface area contributed by atoms with Crippen LogP contribution in [0.4, 0.5) is 0 Å². The summed E-state index contributed by atoms with van der Waals surface area (Å²) in [5, 5.41) is 38.2. The van der Waals surface area contributed by atoms with Gasteiger partial charge in [-0.25, -0.2) is 0 Å². The number of methoxy groups -OCH3 is 1. The van der Waals surface area contributed by atoms with Crippen LogP contribution in [0.2, 0.25) is 0 Å². The lowest BCUT2D eigenvalue weighted by molar-refractivity contribution is -0.301. The van der Waals surface area contributed by atoms with Crippen molar-refractivity contribution in [2.24, 2.45) is 0 Å². The Kier molecular flexibility index (Phi) is 10.4. The van der Waals surface area contributed by atoms with Gasteiger partial charge in [-0.2, -0.15) is 0 Å². The second-order valence-corrected chi connectivity index (χ2v) is 6.02. The number of aliphatic hydroxyl groups excluding tert-OH is 4. The largest absolute Gasteiger partial charge is 0.469 e. The molecule has 1 saturated heterocycles. The minimum atomic E-state index is -1.41. The molecule has 0 amide bonds. The fourth-order valence-electron chi connectivity index (χ4n) is 2.59. The Morgan fingerprint density at radius 3 is 2.21 bits per heavy atom. The van der Waals surface area contributed by atoms with E-state index in [2.05, 4.69) is 4.74 Å². The number of aliphatic hydroxyl groups is 4. The smallest absolute Gasteiger partial charge is 0.305 e. The minimum absolute atomic E-state index is 0.178. The molecule has 0 bridgehead atoms. The predicted molar refractivity (Wildman–Crippen MR) is 84.1 cm³/mol. The molecule has 24 heavy (non-hydrogen) atoms. The van der Waals surface area contributed by atoms with Crippen molar-refractivity contribution in [2.75, 3.05) is 20.3 Å². The van der Waals surface area contributed by atoms with E-state index in [1.807, 2.05) is 0 Å². The highest BCUT2D eigenvalue weighted by Gasteiger charge is 2.43. The van der Waals surface area contributed by atoms with Crippen molar-refractivity contribution in [2.45, 2.75) is 75.7 Å². The van der Waals surface area contributed by atoms with Crippen LogP contribution in [0.25, 0.3) is 0 Å². The van der Waals surface area contributed by atoms with Crippen LogP contribution in [0, 0.1) is 0 Å². The van der Waals surface area contributed by atoms with E-state index >= 15 is 0 Å². The zero-order valence-electron chi connectivity index (χ0n) is 14.2. The van der Waals surface area contributed by atoms with Gasteiger partial charge >= 0.3 is 5.97 Å². The molecule has 8 nitrogen and oxygen atoms in total. The highest BCUT2D eigenvalue weighted by molar-refractivity contribution is 5.68. The van der Waals surface area contributed by atoms with Crippen molar-refractivity contribution < 1.29 is 39.4 Å². The molecule has 1 aliphatic heterocycles. The summed E-state index contributed by atoms with van der Waals surface area (Å²) in [5.74, 6) is -0.178. The molecule has 4 N–H and O–H groups in total. The molecule has 0 aliphatic carbocycles. The molecule has 0 aromatic heterocycles. The number of carbonyl (C=O) groups is 1. The Morgan fingerprint density at radius 2 is 1.58 bits per heavy atom. The number of unbranched alkanes of at least 4 members (excludes halogenated alkanes) is 5. The quantitative estimate of drug-likeness (QED) is 0.296. The van der Waals surface area contributed by atoms with Gasteiger partial charge in [0.15, 0.2) is 6.29 Å². The summed E-state index contributed by atoms with van der Waals surface area (Å²) in [4.78, 5) is 10.9. The van der Waals surface area contributed by atoms with Crippen molar-refractivity contribution in [3.63, 3.8) is 0 Å². The number of rotatable bonds is 11. The van der Waals surface area contributed by atoms with Gasteiger partial charge in [0.1, 0.15) is 24.4 Å². The molecule has 0 aromatic carbocycles. The molecule has 1 rings (SSSR count). The third-order valence-corrected chi connectivity index (χ3v) is 4.13. The van der Waals surface area contributed by atoms with Gasteiger partial charge in [-0.15, -0.1) is 0 Å². The molecular weight excluding hydrogens is 320 g/mol. The average Bonchev–Trinajstić information content (AvgIpc) is 2.59.